The molecule has 0 aliphatic rings. The van der Waals surface area contributed by atoms with Crippen LogP contribution in [0.1, 0.15) is 35.9 Å². The molecule has 1 heterocycles. The van der Waals surface area contributed by atoms with Crippen LogP contribution in [0, 0.1) is 5.82 Å². The van der Waals surface area contributed by atoms with Crippen molar-refractivity contribution in [2.75, 3.05) is 11.6 Å². The number of sulfone groups is 1. The van der Waals surface area contributed by atoms with Gasteiger partial charge in [-0.25, -0.2) is 22.8 Å². The van der Waals surface area contributed by atoms with E-state index in [0.717, 1.165) is 11.7 Å². The number of amides is 1. The van der Waals surface area contributed by atoms with Crippen molar-refractivity contribution in [2.45, 2.75) is 25.9 Å². The van der Waals surface area contributed by atoms with Gasteiger partial charge in [0.05, 0.1) is 23.5 Å². The Labute approximate surface area is 168 Å². The molecule has 7 nitrogen and oxygen atoms in total. The maximum atomic E-state index is 13.6. The first-order chi connectivity index (χ1) is 13.1. The molecule has 0 unspecified atom stereocenters. The van der Waals surface area contributed by atoms with Crippen molar-refractivity contribution in [3.63, 3.8) is 0 Å². The van der Waals surface area contributed by atoms with E-state index in [4.69, 9.17) is 11.6 Å². The molecular formula is C18H20ClFN4O3S. The van der Waals surface area contributed by atoms with E-state index in [-0.39, 0.29) is 16.8 Å². The fourth-order valence-electron chi connectivity index (χ4n) is 2.26. The standard InChI is InChI=1S/C18H20ClFN4O3S/c1-11(7-8-28(3,26)27)23-18(25)15-9-22-16(10-21-15)24-12(2)13-5-4-6-14(20)17(13)19/h4-12H,1-3H3,(H,22,24)(H,23,25)/b8-7+/t11-,12+/m1/s1. The number of benzene rings is 1. The van der Waals surface area contributed by atoms with Gasteiger partial charge in [-0.15, -0.1) is 0 Å². The average Bonchev–Trinajstić information content (AvgIpc) is 2.62. The summed E-state index contributed by atoms with van der Waals surface area (Å²) in [5.41, 5.74) is 0.637. The summed E-state index contributed by atoms with van der Waals surface area (Å²) >= 11 is 5.98. The Kier molecular flexibility index (Phi) is 7.09. The maximum absolute atomic E-state index is 13.6. The Morgan fingerprint density at radius 3 is 2.57 bits per heavy atom. The van der Waals surface area contributed by atoms with Crippen LogP contribution in [0.5, 0.6) is 0 Å². The lowest BCUT2D eigenvalue weighted by atomic mass is 10.1. The lowest BCUT2D eigenvalue weighted by molar-refractivity contribution is 0.0941. The molecule has 0 saturated heterocycles. The number of anilines is 1. The number of aromatic nitrogens is 2. The van der Waals surface area contributed by atoms with E-state index in [9.17, 15) is 17.6 Å². The number of nitrogens with zero attached hydrogens (tertiary/aromatic N) is 2. The van der Waals surface area contributed by atoms with Crippen molar-refractivity contribution in [1.82, 2.24) is 15.3 Å². The minimum Gasteiger partial charge on any atom is -0.362 e. The second-order valence-electron chi connectivity index (χ2n) is 6.22. The molecule has 10 heteroatoms. The molecule has 0 aliphatic carbocycles. The molecule has 28 heavy (non-hydrogen) atoms. The average molecular weight is 427 g/mol. The quantitative estimate of drug-likeness (QED) is 0.705. The Morgan fingerprint density at radius 1 is 1.25 bits per heavy atom. The third-order valence-corrected chi connectivity index (χ3v) is 4.72. The van der Waals surface area contributed by atoms with E-state index >= 15 is 0 Å². The van der Waals surface area contributed by atoms with Crippen LogP contribution in [-0.4, -0.2) is 36.6 Å². The zero-order chi connectivity index (χ0) is 20.9. The molecule has 2 rings (SSSR count). The van der Waals surface area contributed by atoms with Crippen LogP contribution in [0.4, 0.5) is 10.2 Å². The van der Waals surface area contributed by atoms with Crippen molar-refractivity contribution in [2.24, 2.45) is 0 Å². The van der Waals surface area contributed by atoms with Gasteiger partial charge in [0.15, 0.2) is 9.84 Å². The van der Waals surface area contributed by atoms with Crippen LogP contribution in [-0.2, 0) is 9.84 Å². The number of carbonyl (C=O) groups excluding carboxylic acids is 1. The van der Waals surface area contributed by atoms with Crippen LogP contribution < -0.4 is 10.6 Å². The Hall–Kier alpha value is -2.52. The van der Waals surface area contributed by atoms with Gasteiger partial charge in [-0.3, -0.25) is 4.79 Å². The molecule has 2 aromatic rings. The van der Waals surface area contributed by atoms with Crippen molar-refractivity contribution in [3.8, 4) is 0 Å². The number of halogens is 2. The highest BCUT2D eigenvalue weighted by molar-refractivity contribution is 7.93. The molecule has 0 aliphatic heterocycles. The van der Waals surface area contributed by atoms with E-state index < -0.39 is 27.6 Å². The zero-order valence-corrected chi connectivity index (χ0v) is 17.1. The highest BCUT2D eigenvalue weighted by atomic mass is 35.5. The van der Waals surface area contributed by atoms with E-state index in [2.05, 4.69) is 20.6 Å². The summed E-state index contributed by atoms with van der Waals surface area (Å²) in [7, 11) is -3.27. The summed E-state index contributed by atoms with van der Waals surface area (Å²) in [5, 5.41) is 6.69. The smallest absolute Gasteiger partial charge is 0.271 e. The van der Waals surface area contributed by atoms with Gasteiger partial charge < -0.3 is 10.6 Å². The summed E-state index contributed by atoms with van der Waals surface area (Å²) < 4.78 is 35.8. The topological polar surface area (TPSA) is 101 Å². The first-order valence-corrected chi connectivity index (χ1v) is 10.6. The van der Waals surface area contributed by atoms with Gasteiger partial charge in [-0.1, -0.05) is 29.8 Å². The minimum atomic E-state index is -3.27. The van der Waals surface area contributed by atoms with Crippen molar-refractivity contribution >= 4 is 33.2 Å². The lowest BCUT2D eigenvalue weighted by Crippen LogP contribution is -2.32. The molecule has 150 valence electrons. The van der Waals surface area contributed by atoms with Crippen LogP contribution in [0.3, 0.4) is 0 Å². The third kappa shape index (κ3) is 6.28. The molecule has 0 bridgehead atoms. The molecule has 0 radical (unpaired) electrons. The molecule has 1 amide bonds. The molecule has 0 fully saturated rings. The lowest BCUT2D eigenvalue weighted by Gasteiger charge is -2.16. The number of hydrogen-bond donors (Lipinski definition) is 2. The predicted molar refractivity (Wildman–Crippen MR) is 106 cm³/mol. The number of nitrogens with one attached hydrogen (secondary N) is 2. The van der Waals surface area contributed by atoms with Crippen molar-refractivity contribution in [3.05, 3.63) is 64.2 Å². The second kappa shape index (κ2) is 9.11. The van der Waals surface area contributed by atoms with Gasteiger partial charge in [0.2, 0.25) is 0 Å². The number of hydrogen-bond acceptors (Lipinski definition) is 6. The summed E-state index contributed by atoms with van der Waals surface area (Å²) in [6, 6.07) is 3.70. The first-order valence-electron chi connectivity index (χ1n) is 8.28. The molecule has 2 atom stereocenters. The van der Waals surface area contributed by atoms with Gasteiger partial charge in [0.1, 0.15) is 17.3 Å². The molecule has 0 spiro atoms. The molecular weight excluding hydrogens is 407 g/mol. The fourth-order valence-corrected chi connectivity index (χ4v) is 3.07. The predicted octanol–water partition coefficient (Wildman–Crippen LogP) is 3.12. The highest BCUT2D eigenvalue weighted by Crippen LogP contribution is 2.27. The van der Waals surface area contributed by atoms with E-state index in [1.54, 1.807) is 26.0 Å². The SMILES string of the molecule is C[C@H](/C=C/S(C)(=O)=O)NC(=O)c1cnc(N[C@@H](C)c2cccc(F)c2Cl)cn1. The van der Waals surface area contributed by atoms with Crippen LogP contribution in [0.2, 0.25) is 5.02 Å². The molecule has 2 N–H and O–H groups in total. The molecule has 1 aromatic carbocycles. The van der Waals surface area contributed by atoms with Crippen LogP contribution >= 0.6 is 11.6 Å². The Morgan fingerprint density at radius 2 is 1.96 bits per heavy atom. The van der Waals surface area contributed by atoms with Crippen LogP contribution in [0.15, 0.2) is 42.1 Å². The highest BCUT2D eigenvalue weighted by Gasteiger charge is 2.14. The molecule has 1 aromatic heterocycles. The van der Waals surface area contributed by atoms with Gasteiger partial charge in [0, 0.05) is 17.7 Å². The summed E-state index contributed by atoms with van der Waals surface area (Å²) in [5.74, 6) is -0.620. The Balaban J connectivity index is 2.02. The van der Waals surface area contributed by atoms with E-state index in [0.29, 0.717) is 11.4 Å². The van der Waals surface area contributed by atoms with E-state index in [1.807, 2.05) is 0 Å². The van der Waals surface area contributed by atoms with Crippen LogP contribution in [0.25, 0.3) is 0 Å². The summed E-state index contributed by atoms with van der Waals surface area (Å²) in [6.07, 6.45) is 5.08. The minimum absolute atomic E-state index is 0.0302. The maximum Gasteiger partial charge on any atom is 0.271 e. The summed E-state index contributed by atoms with van der Waals surface area (Å²) in [6.45, 7) is 3.42. The normalized spacial score (nSPS) is 13.9. The number of rotatable bonds is 7. The second-order valence-corrected chi connectivity index (χ2v) is 8.53. The van der Waals surface area contributed by atoms with Crippen molar-refractivity contribution < 1.29 is 17.6 Å². The fraction of sp³-hybridized carbons (Fsp3) is 0.278. The Bertz CT molecular complexity index is 981. The number of carbonyl (C=O) groups is 1. The van der Waals surface area contributed by atoms with E-state index in [1.165, 1.54) is 24.5 Å². The summed E-state index contributed by atoms with van der Waals surface area (Å²) in [4.78, 5) is 20.3. The third-order valence-electron chi connectivity index (χ3n) is 3.67. The van der Waals surface area contributed by atoms with Gasteiger partial charge >= 0.3 is 0 Å². The zero-order valence-electron chi connectivity index (χ0n) is 15.5. The molecule has 0 saturated carbocycles. The van der Waals surface area contributed by atoms with Gasteiger partial charge in [0.25, 0.3) is 5.91 Å². The monoisotopic (exact) mass is 426 g/mol. The largest absolute Gasteiger partial charge is 0.362 e. The van der Waals surface area contributed by atoms with Crippen molar-refractivity contribution in [1.29, 1.82) is 0 Å². The first kappa shape index (κ1) is 21.8. The van der Waals surface area contributed by atoms with Gasteiger partial charge in [-0.05, 0) is 25.5 Å². The van der Waals surface area contributed by atoms with Gasteiger partial charge in [-0.2, -0.15) is 0 Å².